The first-order valence-electron chi connectivity index (χ1n) is 4.62. The predicted octanol–water partition coefficient (Wildman–Crippen LogP) is 1.24. The molecule has 1 rings (SSSR count). The maximum atomic E-state index is 9.41. The summed E-state index contributed by atoms with van der Waals surface area (Å²) in [5, 5.41) is 9.41. The van der Waals surface area contributed by atoms with Gasteiger partial charge in [-0.1, -0.05) is 6.92 Å². The molecule has 0 saturated carbocycles. The first-order chi connectivity index (χ1) is 5.24. The summed E-state index contributed by atoms with van der Waals surface area (Å²) < 4.78 is 0. The molecule has 0 aliphatic carbocycles. The summed E-state index contributed by atoms with van der Waals surface area (Å²) in [5.41, 5.74) is 0. The Kier molecular flexibility index (Phi) is 3.34. The number of hydrogen-bond donors (Lipinski definition) is 1. The molecule has 2 unspecified atom stereocenters. The van der Waals surface area contributed by atoms with Gasteiger partial charge in [0.05, 0.1) is 6.10 Å². The highest BCUT2D eigenvalue weighted by Gasteiger charge is 2.22. The van der Waals surface area contributed by atoms with E-state index >= 15 is 0 Å². The Morgan fingerprint density at radius 1 is 1.64 bits per heavy atom. The van der Waals surface area contributed by atoms with E-state index in [1.54, 1.807) is 0 Å². The Bertz CT molecular complexity index is 116. The lowest BCUT2D eigenvalue weighted by Gasteiger charge is -2.21. The fraction of sp³-hybridized carbons (Fsp3) is 1.00. The summed E-state index contributed by atoms with van der Waals surface area (Å²) in [7, 11) is 2.15. The van der Waals surface area contributed by atoms with Gasteiger partial charge in [-0.25, -0.2) is 0 Å². The lowest BCUT2D eigenvalue weighted by atomic mass is 10.1. The fourth-order valence-corrected chi connectivity index (χ4v) is 1.76. The lowest BCUT2D eigenvalue weighted by Crippen LogP contribution is -2.28. The molecule has 1 fully saturated rings. The van der Waals surface area contributed by atoms with E-state index in [-0.39, 0.29) is 6.10 Å². The van der Waals surface area contributed by atoms with E-state index in [4.69, 9.17) is 0 Å². The lowest BCUT2D eigenvalue weighted by molar-refractivity contribution is 0.125. The third-order valence-corrected chi connectivity index (χ3v) is 2.69. The molecular formula is C9H19NO. The van der Waals surface area contributed by atoms with Gasteiger partial charge in [-0.3, -0.25) is 0 Å². The standard InChI is InChI=1S/C9H19NO/c1-3-9(11)7-8-5-4-6-10(8)2/h8-9,11H,3-7H2,1-2H3. The first-order valence-corrected chi connectivity index (χ1v) is 4.62. The third kappa shape index (κ3) is 2.46. The molecule has 1 heterocycles. The van der Waals surface area contributed by atoms with Crippen LogP contribution in [0.4, 0.5) is 0 Å². The van der Waals surface area contributed by atoms with Crippen LogP contribution in [0.1, 0.15) is 32.6 Å². The first kappa shape index (κ1) is 9.01. The largest absolute Gasteiger partial charge is 0.393 e. The molecule has 1 aliphatic rings. The molecule has 0 radical (unpaired) electrons. The van der Waals surface area contributed by atoms with Crippen LogP contribution in [0.25, 0.3) is 0 Å². The average molecular weight is 157 g/mol. The summed E-state index contributed by atoms with van der Waals surface area (Å²) in [5.74, 6) is 0. The SMILES string of the molecule is CCC(O)CC1CCCN1C. The minimum Gasteiger partial charge on any atom is -0.393 e. The van der Waals surface area contributed by atoms with Gasteiger partial charge in [-0.15, -0.1) is 0 Å². The summed E-state index contributed by atoms with van der Waals surface area (Å²) in [6, 6.07) is 0.643. The zero-order valence-electron chi connectivity index (χ0n) is 7.58. The van der Waals surface area contributed by atoms with Crippen LogP contribution in [0.5, 0.6) is 0 Å². The topological polar surface area (TPSA) is 23.5 Å². The number of aliphatic hydroxyl groups excluding tert-OH is 1. The number of hydrogen-bond acceptors (Lipinski definition) is 2. The molecule has 2 nitrogen and oxygen atoms in total. The monoisotopic (exact) mass is 157 g/mol. The van der Waals surface area contributed by atoms with E-state index in [1.165, 1.54) is 19.4 Å². The van der Waals surface area contributed by atoms with E-state index < -0.39 is 0 Å². The molecule has 0 spiro atoms. The zero-order valence-corrected chi connectivity index (χ0v) is 7.58. The molecule has 1 N–H and O–H groups in total. The van der Waals surface area contributed by atoms with Crippen LogP contribution in [-0.2, 0) is 0 Å². The van der Waals surface area contributed by atoms with E-state index in [9.17, 15) is 5.11 Å². The summed E-state index contributed by atoms with van der Waals surface area (Å²) in [4.78, 5) is 2.36. The van der Waals surface area contributed by atoms with Crippen molar-refractivity contribution >= 4 is 0 Å². The molecule has 0 amide bonds. The quantitative estimate of drug-likeness (QED) is 0.666. The molecule has 2 atom stereocenters. The number of nitrogens with zero attached hydrogens (tertiary/aromatic N) is 1. The van der Waals surface area contributed by atoms with Crippen LogP contribution in [0.3, 0.4) is 0 Å². The van der Waals surface area contributed by atoms with Gasteiger partial charge in [0.25, 0.3) is 0 Å². The summed E-state index contributed by atoms with van der Waals surface area (Å²) in [6.07, 6.45) is 4.35. The van der Waals surface area contributed by atoms with Crippen molar-refractivity contribution in [2.75, 3.05) is 13.6 Å². The van der Waals surface area contributed by atoms with Gasteiger partial charge in [-0.05, 0) is 39.3 Å². The highest BCUT2D eigenvalue weighted by atomic mass is 16.3. The number of aliphatic hydroxyl groups is 1. The van der Waals surface area contributed by atoms with Crippen molar-refractivity contribution in [2.45, 2.75) is 44.8 Å². The van der Waals surface area contributed by atoms with Gasteiger partial charge in [0.2, 0.25) is 0 Å². The molecule has 0 aromatic carbocycles. The molecule has 1 aliphatic heterocycles. The smallest absolute Gasteiger partial charge is 0.0552 e. The second-order valence-corrected chi connectivity index (χ2v) is 3.57. The van der Waals surface area contributed by atoms with Crippen LogP contribution in [0.2, 0.25) is 0 Å². The van der Waals surface area contributed by atoms with Gasteiger partial charge in [0, 0.05) is 6.04 Å². The highest BCUT2D eigenvalue weighted by Crippen LogP contribution is 2.19. The van der Waals surface area contributed by atoms with Crippen molar-refractivity contribution in [3.8, 4) is 0 Å². The normalized spacial score (nSPS) is 29.2. The Balaban J connectivity index is 2.24. The second kappa shape index (κ2) is 4.07. The molecule has 1 saturated heterocycles. The molecule has 0 bridgehead atoms. The summed E-state index contributed by atoms with van der Waals surface area (Å²) in [6.45, 7) is 3.25. The van der Waals surface area contributed by atoms with Crippen LogP contribution in [0.15, 0.2) is 0 Å². The van der Waals surface area contributed by atoms with Gasteiger partial charge in [0.1, 0.15) is 0 Å². The molecular weight excluding hydrogens is 138 g/mol. The third-order valence-electron chi connectivity index (χ3n) is 2.69. The van der Waals surface area contributed by atoms with Crippen molar-refractivity contribution in [1.82, 2.24) is 4.90 Å². The Labute approximate surface area is 69.2 Å². The van der Waals surface area contributed by atoms with Crippen molar-refractivity contribution < 1.29 is 5.11 Å². The van der Waals surface area contributed by atoms with Gasteiger partial charge in [-0.2, -0.15) is 0 Å². The summed E-state index contributed by atoms with van der Waals surface area (Å²) >= 11 is 0. The maximum Gasteiger partial charge on any atom is 0.0552 e. The maximum absolute atomic E-state index is 9.41. The van der Waals surface area contributed by atoms with Crippen LogP contribution >= 0.6 is 0 Å². The van der Waals surface area contributed by atoms with Crippen molar-refractivity contribution in [2.24, 2.45) is 0 Å². The van der Waals surface area contributed by atoms with Crippen molar-refractivity contribution in [3.05, 3.63) is 0 Å². The van der Waals surface area contributed by atoms with E-state index in [0.29, 0.717) is 6.04 Å². The van der Waals surface area contributed by atoms with Gasteiger partial charge >= 0.3 is 0 Å². The molecule has 2 heteroatoms. The van der Waals surface area contributed by atoms with Crippen LogP contribution in [-0.4, -0.2) is 35.7 Å². The van der Waals surface area contributed by atoms with E-state index in [1.807, 2.05) is 6.92 Å². The minimum atomic E-state index is -0.0828. The molecule has 0 aromatic rings. The number of likely N-dealkylation sites (tertiary alicyclic amines) is 1. The van der Waals surface area contributed by atoms with Crippen LogP contribution < -0.4 is 0 Å². The Hall–Kier alpha value is -0.0800. The van der Waals surface area contributed by atoms with E-state index in [2.05, 4.69) is 11.9 Å². The highest BCUT2D eigenvalue weighted by molar-refractivity contribution is 4.78. The predicted molar refractivity (Wildman–Crippen MR) is 46.6 cm³/mol. The average Bonchev–Trinajstić information content (AvgIpc) is 2.37. The zero-order chi connectivity index (χ0) is 8.27. The Morgan fingerprint density at radius 3 is 2.82 bits per heavy atom. The minimum absolute atomic E-state index is 0.0828. The van der Waals surface area contributed by atoms with E-state index in [0.717, 1.165) is 12.8 Å². The fourth-order valence-electron chi connectivity index (χ4n) is 1.76. The molecule has 66 valence electrons. The molecule has 11 heavy (non-hydrogen) atoms. The molecule has 0 aromatic heterocycles. The van der Waals surface area contributed by atoms with Crippen molar-refractivity contribution in [3.63, 3.8) is 0 Å². The Morgan fingerprint density at radius 2 is 2.36 bits per heavy atom. The van der Waals surface area contributed by atoms with Crippen molar-refractivity contribution in [1.29, 1.82) is 0 Å². The second-order valence-electron chi connectivity index (χ2n) is 3.57. The van der Waals surface area contributed by atoms with Gasteiger partial charge in [0.15, 0.2) is 0 Å². The number of rotatable bonds is 3. The van der Waals surface area contributed by atoms with Crippen LogP contribution in [0, 0.1) is 0 Å². The van der Waals surface area contributed by atoms with Gasteiger partial charge < -0.3 is 10.0 Å².